The van der Waals surface area contributed by atoms with Crippen LogP contribution in [-0.4, -0.2) is 42.8 Å². The summed E-state index contributed by atoms with van der Waals surface area (Å²) in [5.74, 6) is 0.0244. The van der Waals surface area contributed by atoms with Crippen LogP contribution < -0.4 is 5.32 Å². The Kier molecular flexibility index (Phi) is 6.45. The number of hydrogen-bond donors (Lipinski definition) is 1. The van der Waals surface area contributed by atoms with Gasteiger partial charge in [-0.05, 0) is 71.7 Å². The Balaban J connectivity index is 2.11. The normalized spacial score (nSPS) is 24.0. The van der Waals surface area contributed by atoms with Crippen LogP contribution in [0.5, 0.6) is 0 Å². The predicted octanol–water partition coefficient (Wildman–Crippen LogP) is 4.80. The molecule has 1 aromatic rings. The Bertz CT molecular complexity index is 653. The molecule has 1 N–H and O–H groups in total. The van der Waals surface area contributed by atoms with E-state index < -0.39 is 23.4 Å². The molecule has 27 heavy (non-hydrogen) atoms. The number of nitrogens with one attached hydrogen (secondary N) is 1. The maximum Gasteiger partial charge on any atom is 0.416 e. The van der Waals surface area contributed by atoms with E-state index in [9.17, 15) is 18.0 Å². The fraction of sp³-hybridized carbons (Fsp3) is 0.650. The van der Waals surface area contributed by atoms with Gasteiger partial charge in [0, 0.05) is 12.1 Å². The van der Waals surface area contributed by atoms with Crippen molar-refractivity contribution in [2.24, 2.45) is 0 Å². The molecule has 0 heterocycles. The van der Waals surface area contributed by atoms with Crippen LogP contribution in [0.3, 0.4) is 0 Å². The predicted molar refractivity (Wildman–Crippen MR) is 98.7 cm³/mol. The van der Waals surface area contributed by atoms with Gasteiger partial charge in [0.1, 0.15) is 5.60 Å². The standard InChI is InChI=1S/C20H29F3N2O2/c1-19(2,3)27-18(26)24-16-10-9-14(12-17(16)25(4)5)13-7-6-8-15(11-13)20(21,22)23/h6-8,11,14,16-17H,9-10,12H2,1-5H3,(H,24,26)/t14-,16?,17+/m1/s1. The second-order valence-electron chi connectivity index (χ2n) is 8.42. The molecule has 0 saturated heterocycles. The molecular formula is C20H29F3N2O2. The molecule has 7 heteroatoms. The molecule has 1 aliphatic rings. The third kappa shape index (κ3) is 6.13. The van der Waals surface area contributed by atoms with Gasteiger partial charge in [-0.15, -0.1) is 0 Å². The minimum absolute atomic E-state index is 0.0193. The quantitative estimate of drug-likeness (QED) is 0.812. The van der Waals surface area contributed by atoms with Gasteiger partial charge in [0.25, 0.3) is 0 Å². The number of ether oxygens (including phenoxy) is 1. The Hall–Kier alpha value is -1.76. The van der Waals surface area contributed by atoms with Crippen molar-refractivity contribution in [1.82, 2.24) is 10.2 Å². The highest BCUT2D eigenvalue weighted by Gasteiger charge is 2.36. The highest BCUT2D eigenvalue weighted by Crippen LogP contribution is 2.37. The molecule has 0 aromatic heterocycles. The lowest BCUT2D eigenvalue weighted by Crippen LogP contribution is -2.53. The first kappa shape index (κ1) is 21.5. The molecule has 0 bridgehead atoms. The van der Waals surface area contributed by atoms with Crippen molar-refractivity contribution in [2.75, 3.05) is 14.1 Å². The monoisotopic (exact) mass is 386 g/mol. The number of nitrogens with zero attached hydrogens (tertiary/aromatic N) is 1. The molecule has 1 amide bonds. The molecule has 1 unspecified atom stereocenters. The lowest BCUT2D eigenvalue weighted by atomic mass is 9.78. The van der Waals surface area contributed by atoms with E-state index in [0.717, 1.165) is 6.07 Å². The zero-order valence-corrected chi connectivity index (χ0v) is 16.6. The molecule has 4 nitrogen and oxygen atoms in total. The highest BCUT2D eigenvalue weighted by atomic mass is 19.4. The maximum absolute atomic E-state index is 13.0. The number of alkyl carbamates (subject to hydrolysis) is 1. The molecule has 1 aromatic carbocycles. The minimum Gasteiger partial charge on any atom is -0.444 e. The third-order valence-electron chi connectivity index (χ3n) is 4.87. The minimum atomic E-state index is -4.34. The highest BCUT2D eigenvalue weighted by molar-refractivity contribution is 5.68. The fourth-order valence-corrected chi connectivity index (χ4v) is 3.62. The van der Waals surface area contributed by atoms with Crippen molar-refractivity contribution in [3.8, 4) is 0 Å². The Morgan fingerprint density at radius 2 is 1.85 bits per heavy atom. The number of benzene rings is 1. The van der Waals surface area contributed by atoms with Gasteiger partial charge in [-0.1, -0.05) is 18.2 Å². The number of carbonyl (C=O) groups is 1. The van der Waals surface area contributed by atoms with Crippen LogP contribution in [0, 0.1) is 0 Å². The van der Waals surface area contributed by atoms with Crippen LogP contribution >= 0.6 is 0 Å². The molecule has 2 rings (SSSR count). The second-order valence-corrected chi connectivity index (χ2v) is 8.42. The molecule has 152 valence electrons. The number of likely N-dealkylation sites (N-methyl/N-ethyl adjacent to an activating group) is 1. The Morgan fingerprint density at radius 3 is 2.41 bits per heavy atom. The second kappa shape index (κ2) is 8.09. The van der Waals surface area contributed by atoms with Crippen LogP contribution in [0.2, 0.25) is 0 Å². The van der Waals surface area contributed by atoms with E-state index in [-0.39, 0.29) is 18.0 Å². The summed E-state index contributed by atoms with van der Waals surface area (Å²) in [7, 11) is 3.84. The molecule has 1 saturated carbocycles. The zero-order valence-electron chi connectivity index (χ0n) is 16.6. The summed E-state index contributed by atoms with van der Waals surface area (Å²) in [4.78, 5) is 14.1. The molecule has 0 spiro atoms. The number of rotatable bonds is 3. The van der Waals surface area contributed by atoms with Crippen molar-refractivity contribution >= 4 is 6.09 Å². The van der Waals surface area contributed by atoms with E-state index in [0.29, 0.717) is 24.8 Å². The van der Waals surface area contributed by atoms with E-state index in [1.807, 2.05) is 19.0 Å². The van der Waals surface area contributed by atoms with Crippen LogP contribution in [-0.2, 0) is 10.9 Å². The van der Waals surface area contributed by atoms with Gasteiger partial charge in [-0.3, -0.25) is 0 Å². The van der Waals surface area contributed by atoms with E-state index >= 15 is 0 Å². The molecule has 0 aliphatic heterocycles. The van der Waals surface area contributed by atoms with Crippen LogP contribution in [0.25, 0.3) is 0 Å². The van der Waals surface area contributed by atoms with Gasteiger partial charge >= 0.3 is 12.3 Å². The molecule has 0 radical (unpaired) electrons. The topological polar surface area (TPSA) is 41.6 Å². The lowest BCUT2D eigenvalue weighted by Gasteiger charge is -2.40. The lowest BCUT2D eigenvalue weighted by molar-refractivity contribution is -0.137. The van der Waals surface area contributed by atoms with Gasteiger partial charge in [0.2, 0.25) is 0 Å². The average molecular weight is 386 g/mol. The van der Waals surface area contributed by atoms with Gasteiger partial charge in [0.05, 0.1) is 5.56 Å². The van der Waals surface area contributed by atoms with E-state index in [4.69, 9.17) is 4.74 Å². The third-order valence-corrected chi connectivity index (χ3v) is 4.87. The molecule has 1 aliphatic carbocycles. The number of alkyl halides is 3. The first-order chi connectivity index (χ1) is 12.4. The number of halogens is 3. The molecular weight excluding hydrogens is 357 g/mol. The zero-order chi connectivity index (χ0) is 20.4. The SMILES string of the molecule is CN(C)[C@H]1C[C@H](c2cccc(C(F)(F)F)c2)CCC1NC(=O)OC(C)(C)C. The van der Waals surface area contributed by atoms with Crippen molar-refractivity contribution < 1.29 is 22.7 Å². The van der Waals surface area contributed by atoms with Crippen molar-refractivity contribution in [3.63, 3.8) is 0 Å². The van der Waals surface area contributed by atoms with Crippen molar-refractivity contribution in [1.29, 1.82) is 0 Å². The number of hydrogen-bond acceptors (Lipinski definition) is 3. The summed E-state index contributed by atoms with van der Waals surface area (Å²) >= 11 is 0. The molecule has 1 fully saturated rings. The Morgan fingerprint density at radius 1 is 1.19 bits per heavy atom. The van der Waals surface area contributed by atoms with Gasteiger partial charge in [-0.25, -0.2) is 4.79 Å². The summed E-state index contributed by atoms with van der Waals surface area (Å²) in [6.07, 6.45) is -2.73. The summed E-state index contributed by atoms with van der Waals surface area (Å²) in [6.45, 7) is 5.42. The smallest absolute Gasteiger partial charge is 0.416 e. The van der Waals surface area contributed by atoms with Gasteiger partial charge in [0.15, 0.2) is 0 Å². The van der Waals surface area contributed by atoms with Crippen LogP contribution in [0.4, 0.5) is 18.0 Å². The summed E-state index contributed by atoms with van der Waals surface area (Å²) in [6, 6.07) is 5.49. The van der Waals surface area contributed by atoms with E-state index in [1.54, 1.807) is 26.8 Å². The van der Waals surface area contributed by atoms with Gasteiger partial charge < -0.3 is 15.0 Å². The van der Waals surface area contributed by atoms with E-state index in [2.05, 4.69) is 5.32 Å². The van der Waals surface area contributed by atoms with Crippen molar-refractivity contribution in [3.05, 3.63) is 35.4 Å². The first-order valence-electron chi connectivity index (χ1n) is 9.20. The number of amides is 1. The van der Waals surface area contributed by atoms with Crippen LogP contribution in [0.15, 0.2) is 24.3 Å². The summed E-state index contributed by atoms with van der Waals surface area (Å²) in [5.41, 5.74) is -0.491. The largest absolute Gasteiger partial charge is 0.444 e. The average Bonchev–Trinajstić information content (AvgIpc) is 2.52. The maximum atomic E-state index is 13.0. The number of carbonyl (C=O) groups excluding carboxylic acids is 1. The summed E-state index contributed by atoms with van der Waals surface area (Å²) < 4.78 is 44.4. The van der Waals surface area contributed by atoms with Gasteiger partial charge in [-0.2, -0.15) is 13.2 Å². The van der Waals surface area contributed by atoms with E-state index in [1.165, 1.54) is 12.1 Å². The summed E-state index contributed by atoms with van der Waals surface area (Å²) in [5, 5.41) is 2.93. The molecule has 3 atom stereocenters. The first-order valence-corrected chi connectivity index (χ1v) is 9.20. The van der Waals surface area contributed by atoms with Crippen LogP contribution in [0.1, 0.15) is 57.1 Å². The van der Waals surface area contributed by atoms with Crippen molar-refractivity contribution in [2.45, 2.75) is 69.8 Å². The Labute approximate surface area is 159 Å². The fourth-order valence-electron chi connectivity index (χ4n) is 3.62.